The van der Waals surface area contributed by atoms with Crippen molar-refractivity contribution in [2.75, 3.05) is 7.05 Å². The van der Waals surface area contributed by atoms with Crippen LogP contribution in [0, 0.1) is 0 Å². The molecular formula is C15H18ClNO. The standard InChI is InChI=1S/C15H18ClNO/c1-17-14(8-9-15-3-2-10-18-15)11-12-4-6-13(16)7-5-12/h2-7,10,14,17H,8-9,11H2,1H3. The minimum Gasteiger partial charge on any atom is -0.469 e. The molecule has 0 fully saturated rings. The van der Waals surface area contributed by atoms with E-state index in [4.69, 9.17) is 16.0 Å². The van der Waals surface area contributed by atoms with E-state index in [0.717, 1.165) is 30.0 Å². The van der Waals surface area contributed by atoms with E-state index in [1.807, 2.05) is 31.3 Å². The Morgan fingerprint density at radius 1 is 1.22 bits per heavy atom. The lowest BCUT2D eigenvalue weighted by molar-refractivity contribution is 0.460. The summed E-state index contributed by atoms with van der Waals surface area (Å²) in [5.74, 6) is 1.05. The van der Waals surface area contributed by atoms with E-state index in [2.05, 4.69) is 17.4 Å². The lowest BCUT2D eigenvalue weighted by Gasteiger charge is -2.15. The topological polar surface area (TPSA) is 25.2 Å². The third kappa shape index (κ3) is 3.90. The average molecular weight is 264 g/mol. The molecule has 1 unspecified atom stereocenters. The quantitative estimate of drug-likeness (QED) is 0.860. The Hall–Kier alpha value is -1.25. The van der Waals surface area contributed by atoms with Crippen LogP contribution in [0.5, 0.6) is 0 Å². The Morgan fingerprint density at radius 2 is 2.00 bits per heavy atom. The van der Waals surface area contributed by atoms with Crippen molar-refractivity contribution in [1.29, 1.82) is 0 Å². The van der Waals surface area contributed by atoms with Crippen LogP contribution in [0.2, 0.25) is 5.02 Å². The fourth-order valence-corrected chi connectivity index (χ4v) is 2.15. The summed E-state index contributed by atoms with van der Waals surface area (Å²) in [5, 5.41) is 4.14. The third-order valence-corrected chi connectivity index (χ3v) is 3.37. The number of aryl methyl sites for hydroxylation is 1. The number of likely N-dealkylation sites (N-methyl/N-ethyl adjacent to an activating group) is 1. The van der Waals surface area contributed by atoms with Gasteiger partial charge in [0.05, 0.1) is 6.26 Å². The molecule has 0 bridgehead atoms. The van der Waals surface area contributed by atoms with Crippen molar-refractivity contribution < 1.29 is 4.42 Å². The molecule has 0 saturated heterocycles. The Bertz CT molecular complexity index is 450. The van der Waals surface area contributed by atoms with Gasteiger partial charge in [-0.25, -0.2) is 0 Å². The Kier molecular flexibility index (Phi) is 4.85. The number of hydrogen-bond acceptors (Lipinski definition) is 2. The van der Waals surface area contributed by atoms with Crippen LogP contribution in [0.4, 0.5) is 0 Å². The van der Waals surface area contributed by atoms with Gasteiger partial charge in [0, 0.05) is 17.5 Å². The maximum Gasteiger partial charge on any atom is 0.103 e. The molecule has 0 saturated carbocycles. The van der Waals surface area contributed by atoms with Gasteiger partial charge in [-0.2, -0.15) is 0 Å². The summed E-state index contributed by atoms with van der Waals surface area (Å²) in [5.41, 5.74) is 1.30. The van der Waals surface area contributed by atoms with Gasteiger partial charge in [-0.3, -0.25) is 0 Å². The molecule has 0 aliphatic carbocycles. The fourth-order valence-electron chi connectivity index (χ4n) is 2.02. The van der Waals surface area contributed by atoms with Gasteiger partial charge in [-0.15, -0.1) is 0 Å². The predicted molar refractivity (Wildman–Crippen MR) is 75.0 cm³/mol. The predicted octanol–water partition coefficient (Wildman–Crippen LogP) is 3.70. The second kappa shape index (κ2) is 6.62. The molecule has 0 amide bonds. The molecule has 0 aliphatic heterocycles. The maximum absolute atomic E-state index is 5.88. The lowest BCUT2D eigenvalue weighted by atomic mass is 10.0. The van der Waals surface area contributed by atoms with Gasteiger partial charge in [0.2, 0.25) is 0 Å². The van der Waals surface area contributed by atoms with E-state index in [-0.39, 0.29) is 0 Å². The minimum absolute atomic E-state index is 0.455. The highest BCUT2D eigenvalue weighted by molar-refractivity contribution is 6.30. The number of nitrogens with one attached hydrogen (secondary N) is 1. The largest absolute Gasteiger partial charge is 0.469 e. The first-order valence-corrected chi connectivity index (χ1v) is 6.60. The van der Waals surface area contributed by atoms with Gasteiger partial charge < -0.3 is 9.73 Å². The molecule has 1 atom stereocenters. The fraction of sp³-hybridized carbons (Fsp3) is 0.333. The minimum atomic E-state index is 0.455. The van der Waals surface area contributed by atoms with Crippen molar-refractivity contribution in [1.82, 2.24) is 5.32 Å². The molecule has 1 aromatic carbocycles. The molecule has 2 aromatic rings. The normalized spacial score (nSPS) is 12.6. The van der Waals surface area contributed by atoms with Crippen molar-refractivity contribution in [3.05, 3.63) is 59.0 Å². The van der Waals surface area contributed by atoms with Crippen LogP contribution in [-0.4, -0.2) is 13.1 Å². The highest BCUT2D eigenvalue weighted by Crippen LogP contribution is 2.13. The average Bonchev–Trinajstić information content (AvgIpc) is 2.90. The van der Waals surface area contributed by atoms with Gasteiger partial charge in [0.1, 0.15) is 5.76 Å². The monoisotopic (exact) mass is 263 g/mol. The van der Waals surface area contributed by atoms with Crippen molar-refractivity contribution in [3.63, 3.8) is 0 Å². The third-order valence-electron chi connectivity index (χ3n) is 3.12. The highest BCUT2D eigenvalue weighted by atomic mass is 35.5. The van der Waals surface area contributed by atoms with Gasteiger partial charge in [-0.1, -0.05) is 23.7 Å². The van der Waals surface area contributed by atoms with Crippen LogP contribution in [0.15, 0.2) is 47.1 Å². The Labute approximate surface area is 113 Å². The van der Waals surface area contributed by atoms with Gasteiger partial charge in [-0.05, 0) is 49.7 Å². The Morgan fingerprint density at radius 3 is 2.61 bits per heavy atom. The molecule has 0 spiro atoms. The molecule has 18 heavy (non-hydrogen) atoms. The molecule has 0 radical (unpaired) electrons. The van der Waals surface area contributed by atoms with Crippen molar-refractivity contribution >= 4 is 11.6 Å². The molecular weight excluding hydrogens is 246 g/mol. The van der Waals surface area contributed by atoms with Crippen LogP contribution >= 0.6 is 11.6 Å². The summed E-state index contributed by atoms with van der Waals surface area (Å²) < 4.78 is 5.35. The number of benzene rings is 1. The highest BCUT2D eigenvalue weighted by Gasteiger charge is 2.08. The summed E-state index contributed by atoms with van der Waals surface area (Å²) in [6, 6.07) is 12.5. The summed E-state index contributed by atoms with van der Waals surface area (Å²) in [4.78, 5) is 0. The van der Waals surface area contributed by atoms with E-state index >= 15 is 0 Å². The second-order valence-corrected chi connectivity index (χ2v) is 4.87. The molecule has 2 nitrogen and oxygen atoms in total. The molecule has 96 valence electrons. The van der Waals surface area contributed by atoms with E-state index < -0.39 is 0 Å². The second-order valence-electron chi connectivity index (χ2n) is 4.43. The first kappa shape index (κ1) is 13.2. The summed E-state index contributed by atoms with van der Waals surface area (Å²) in [7, 11) is 2.00. The SMILES string of the molecule is CNC(CCc1ccco1)Cc1ccc(Cl)cc1. The smallest absolute Gasteiger partial charge is 0.103 e. The van der Waals surface area contributed by atoms with Crippen molar-refractivity contribution in [3.8, 4) is 0 Å². The van der Waals surface area contributed by atoms with Crippen LogP contribution in [0.25, 0.3) is 0 Å². The first-order chi connectivity index (χ1) is 8.78. The van der Waals surface area contributed by atoms with E-state index in [9.17, 15) is 0 Å². The number of furan rings is 1. The molecule has 1 heterocycles. The van der Waals surface area contributed by atoms with Gasteiger partial charge >= 0.3 is 0 Å². The molecule has 2 rings (SSSR count). The van der Waals surface area contributed by atoms with Crippen LogP contribution < -0.4 is 5.32 Å². The molecule has 0 aliphatic rings. The number of rotatable bonds is 6. The van der Waals surface area contributed by atoms with Gasteiger partial charge in [0.25, 0.3) is 0 Å². The zero-order valence-corrected chi connectivity index (χ0v) is 11.3. The van der Waals surface area contributed by atoms with Crippen molar-refractivity contribution in [2.45, 2.75) is 25.3 Å². The summed E-state index contributed by atoms with van der Waals surface area (Å²) in [6.07, 6.45) is 4.76. The number of halogens is 1. The molecule has 3 heteroatoms. The van der Waals surface area contributed by atoms with Crippen molar-refractivity contribution in [2.24, 2.45) is 0 Å². The molecule has 1 N–H and O–H groups in total. The maximum atomic E-state index is 5.88. The van der Waals surface area contributed by atoms with Crippen LogP contribution in [0.3, 0.4) is 0 Å². The van der Waals surface area contributed by atoms with Gasteiger partial charge in [0.15, 0.2) is 0 Å². The zero-order valence-electron chi connectivity index (χ0n) is 10.5. The van der Waals surface area contributed by atoms with Crippen LogP contribution in [0.1, 0.15) is 17.7 Å². The van der Waals surface area contributed by atoms with E-state index in [0.29, 0.717) is 6.04 Å². The molecule has 1 aromatic heterocycles. The lowest BCUT2D eigenvalue weighted by Crippen LogP contribution is -2.28. The zero-order chi connectivity index (χ0) is 12.8. The summed E-state index contributed by atoms with van der Waals surface area (Å²) >= 11 is 5.88. The van der Waals surface area contributed by atoms with E-state index in [1.54, 1.807) is 6.26 Å². The van der Waals surface area contributed by atoms with Crippen LogP contribution in [-0.2, 0) is 12.8 Å². The Balaban J connectivity index is 1.87. The summed E-state index contributed by atoms with van der Waals surface area (Å²) in [6.45, 7) is 0. The first-order valence-electron chi connectivity index (χ1n) is 6.22. The number of hydrogen-bond donors (Lipinski definition) is 1. The van der Waals surface area contributed by atoms with E-state index in [1.165, 1.54) is 5.56 Å².